The molecule has 0 atom stereocenters. The highest BCUT2D eigenvalue weighted by Crippen LogP contribution is 2.30. The third kappa shape index (κ3) is 3.52. The molecule has 0 unspecified atom stereocenters. The fourth-order valence-electron chi connectivity index (χ4n) is 2.40. The second-order valence-electron chi connectivity index (χ2n) is 6.14. The minimum atomic E-state index is -4.25. The van der Waals surface area contributed by atoms with Gasteiger partial charge in [0.15, 0.2) is 10.1 Å². The average molecular weight is 408 g/mol. The SMILES string of the molecule is CC(C)S(=O)(=O)c1nc(-c2ccccc2)[nH]c1S(=O)(=O)c1ccc(F)cc1. The number of imidazole rings is 1. The number of sulfone groups is 2. The first-order valence-electron chi connectivity index (χ1n) is 8.04. The van der Waals surface area contributed by atoms with E-state index in [1.807, 2.05) is 0 Å². The van der Waals surface area contributed by atoms with E-state index < -0.39 is 40.8 Å². The molecule has 142 valence electrons. The normalized spacial score (nSPS) is 12.4. The molecule has 0 bridgehead atoms. The Kier molecular flexibility index (Phi) is 4.92. The molecule has 0 saturated heterocycles. The molecule has 0 aliphatic heterocycles. The van der Waals surface area contributed by atoms with Crippen LogP contribution < -0.4 is 0 Å². The smallest absolute Gasteiger partial charge is 0.224 e. The lowest BCUT2D eigenvalue weighted by molar-refractivity contribution is 0.571. The first kappa shape index (κ1) is 19.2. The number of rotatable bonds is 5. The molecule has 0 spiro atoms. The number of hydrogen-bond donors (Lipinski definition) is 1. The number of aromatic nitrogens is 2. The van der Waals surface area contributed by atoms with Gasteiger partial charge in [-0.05, 0) is 38.1 Å². The number of benzene rings is 2. The Morgan fingerprint density at radius 3 is 2.07 bits per heavy atom. The fourth-order valence-corrected chi connectivity index (χ4v) is 5.29. The molecular weight excluding hydrogens is 391 g/mol. The summed E-state index contributed by atoms with van der Waals surface area (Å²) in [7, 11) is -8.24. The molecule has 6 nitrogen and oxygen atoms in total. The minimum absolute atomic E-state index is 0.121. The fraction of sp³-hybridized carbons (Fsp3) is 0.167. The Morgan fingerprint density at radius 2 is 1.52 bits per heavy atom. The molecule has 0 amide bonds. The van der Waals surface area contributed by atoms with Gasteiger partial charge in [-0.3, -0.25) is 0 Å². The average Bonchev–Trinajstić information content (AvgIpc) is 3.10. The van der Waals surface area contributed by atoms with E-state index >= 15 is 0 Å². The van der Waals surface area contributed by atoms with Gasteiger partial charge in [0.05, 0.1) is 10.1 Å². The van der Waals surface area contributed by atoms with Crippen molar-refractivity contribution in [1.29, 1.82) is 0 Å². The van der Waals surface area contributed by atoms with Gasteiger partial charge in [0, 0.05) is 5.56 Å². The summed E-state index contributed by atoms with van der Waals surface area (Å²) in [4.78, 5) is 6.50. The zero-order valence-electron chi connectivity index (χ0n) is 14.5. The van der Waals surface area contributed by atoms with Crippen LogP contribution in [-0.2, 0) is 19.7 Å². The summed E-state index contributed by atoms with van der Waals surface area (Å²) in [6.45, 7) is 2.89. The molecule has 1 heterocycles. The van der Waals surface area contributed by atoms with Gasteiger partial charge < -0.3 is 4.98 Å². The van der Waals surface area contributed by atoms with Crippen molar-refractivity contribution in [3.8, 4) is 11.4 Å². The third-order valence-electron chi connectivity index (χ3n) is 3.97. The summed E-state index contributed by atoms with van der Waals surface area (Å²) in [5, 5.41) is -1.94. The molecule has 0 aliphatic carbocycles. The molecule has 0 fully saturated rings. The highest BCUT2D eigenvalue weighted by Gasteiger charge is 2.34. The van der Waals surface area contributed by atoms with Crippen LogP contribution in [0.15, 0.2) is 69.5 Å². The number of nitrogens with zero attached hydrogens (tertiary/aromatic N) is 1. The maximum absolute atomic E-state index is 13.2. The van der Waals surface area contributed by atoms with E-state index in [-0.39, 0.29) is 10.7 Å². The molecule has 9 heteroatoms. The summed E-state index contributed by atoms with van der Waals surface area (Å²) in [6.07, 6.45) is 0. The molecule has 27 heavy (non-hydrogen) atoms. The Hall–Kier alpha value is -2.52. The molecule has 3 aromatic rings. The Balaban J connectivity index is 2.28. The van der Waals surface area contributed by atoms with Crippen molar-refractivity contribution < 1.29 is 21.2 Å². The second-order valence-corrected chi connectivity index (χ2v) is 10.4. The first-order chi connectivity index (χ1) is 12.6. The molecular formula is C18H17FN2O4S2. The summed E-state index contributed by atoms with van der Waals surface area (Å²) in [6, 6.07) is 12.7. The van der Waals surface area contributed by atoms with Crippen molar-refractivity contribution in [2.45, 2.75) is 34.0 Å². The van der Waals surface area contributed by atoms with Crippen LogP contribution in [-0.4, -0.2) is 32.1 Å². The Morgan fingerprint density at radius 1 is 0.926 bits per heavy atom. The molecule has 0 saturated carbocycles. The topological polar surface area (TPSA) is 97.0 Å². The van der Waals surface area contributed by atoms with Crippen LogP contribution in [0, 0.1) is 5.82 Å². The molecule has 1 aromatic heterocycles. The largest absolute Gasteiger partial charge is 0.328 e. The van der Waals surface area contributed by atoms with Gasteiger partial charge in [-0.1, -0.05) is 30.3 Å². The van der Waals surface area contributed by atoms with Crippen molar-refractivity contribution >= 4 is 19.7 Å². The number of nitrogens with one attached hydrogen (secondary N) is 1. The van der Waals surface area contributed by atoms with Crippen molar-refractivity contribution in [1.82, 2.24) is 9.97 Å². The summed E-state index contributed by atoms with van der Waals surface area (Å²) >= 11 is 0. The zero-order chi connectivity index (χ0) is 19.8. The van der Waals surface area contributed by atoms with E-state index in [0.29, 0.717) is 5.56 Å². The number of aromatic amines is 1. The van der Waals surface area contributed by atoms with Crippen LogP contribution in [0.25, 0.3) is 11.4 Å². The summed E-state index contributed by atoms with van der Waals surface area (Å²) in [5.74, 6) is -0.478. The summed E-state index contributed by atoms with van der Waals surface area (Å²) < 4.78 is 64.7. The van der Waals surface area contributed by atoms with Gasteiger partial charge in [0.1, 0.15) is 11.6 Å². The van der Waals surface area contributed by atoms with Crippen LogP contribution in [0.5, 0.6) is 0 Å². The molecule has 1 N–H and O–H groups in total. The van der Waals surface area contributed by atoms with E-state index in [0.717, 1.165) is 24.3 Å². The van der Waals surface area contributed by atoms with Crippen LogP contribution >= 0.6 is 0 Å². The Labute approximate surface area is 156 Å². The van der Waals surface area contributed by atoms with Crippen LogP contribution in [0.4, 0.5) is 4.39 Å². The van der Waals surface area contributed by atoms with E-state index in [1.54, 1.807) is 30.3 Å². The van der Waals surface area contributed by atoms with E-state index in [9.17, 15) is 21.2 Å². The van der Waals surface area contributed by atoms with Crippen LogP contribution in [0.2, 0.25) is 0 Å². The van der Waals surface area contributed by atoms with Crippen molar-refractivity contribution in [2.24, 2.45) is 0 Å². The van der Waals surface area contributed by atoms with Crippen LogP contribution in [0.3, 0.4) is 0 Å². The molecule has 2 aromatic carbocycles. The molecule has 0 radical (unpaired) electrons. The number of H-pyrrole nitrogens is 1. The van der Waals surface area contributed by atoms with Gasteiger partial charge in [-0.25, -0.2) is 26.2 Å². The third-order valence-corrected chi connectivity index (χ3v) is 7.90. The summed E-state index contributed by atoms with van der Waals surface area (Å²) in [5.41, 5.74) is 0.540. The lowest BCUT2D eigenvalue weighted by atomic mass is 10.2. The quantitative estimate of drug-likeness (QED) is 0.654. The second kappa shape index (κ2) is 6.90. The van der Waals surface area contributed by atoms with E-state index in [2.05, 4.69) is 9.97 Å². The van der Waals surface area contributed by atoms with Gasteiger partial charge in [-0.15, -0.1) is 0 Å². The number of halogens is 1. The van der Waals surface area contributed by atoms with Gasteiger partial charge in [0.2, 0.25) is 19.7 Å². The van der Waals surface area contributed by atoms with E-state index in [1.165, 1.54) is 13.8 Å². The van der Waals surface area contributed by atoms with Gasteiger partial charge in [-0.2, -0.15) is 0 Å². The van der Waals surface area contributed by atoms with Crippen LogP contribution in [0.1, 0.15) is 13.8 Å². The van der Waals surface area contributed by atoms with Gasteiger partial charge in [0.25, 0.3) is 0 Å². The predicted molar refractivity (Wildman–Crippen MR) is 98.2 cm³/mol. The number of hydrogen-bond acceptors (Lipinski definition) is 5. The highest BCUT2D eigenvalue weighted by atomic mass is 32.2. The maximum atomic E-state index is 13.2. The highest BCUT2D eigenvalue weighted by molar-refractivity contribution is 7.94. The standard InChI is InChI=1S/C18H17FN2O4S2/c1-12(2)26(22,23)17-18(21-16(20-17)13-6-4-3-5-7-13)27(24,25)15-10-8-14(19)9-11-15/h3-12H,1-2H3,(H,20,21). The molecule has 0 aliphatic rings. The Bertz CT molecular complexity index is 1170. The zero-order valence-corrected chi connectivity index (χ0v) is 16.2. The van der Waals surface area contributed by atoms with Crippen molar-refractivity contribution in [2.75, 3.05) is 0 Å². The van der Waals surface area contributed by atoms with E-state index in [4.69, 9.17) is 0 Å². The monoisotopic (exact) mass is 408 g/mol. The maximum Gasteiger partial charge on any atom is 0.224 e. The molecule has 3 rings (SSSR count). The van der Waals surface area contributed by atoms with Crippen molar-refractivity contribution in [3.05, 3.63) is 60.4 Å². The predicted octanol–water partition coefficient (Wildman–Crippen LogP) is 3.23. The first-order valence-corrected chi connectivity index (χ1v) is 11.1. The lowest BCUT2D eigenvalue weighted by Gasteiger charge is -2.08. The van der Waals surface area contributed by atoms with Gasteiger partial charge >= 0.3 is 0 Å². The van der Waals surface area contributed by atoms with Crippen molar-refractivity contribution in [3.63, 3.8) is 0 Å². The lowest BCUT2D eigenvalue weighted by Crippen LogP contribution is -2.18. The minimum Gasteiger partial charge on any atom is -0.328 e.